The third kappa shape index (κ3) is 6.33. The Morgan fingerprint density at radius 2 is 1.72 bits per heavy atom. The van der Waals surface area contributed by atoms with Gasteiger partial charge in [-0.25, -0.2) is 0 Å². The zero-order valence-corrected chi connectivity index (χ0v) is 19.3. The van der Waals surface area contributed by atoms with Gasteiger partial charge in [-0.3, -0.25) is 9.59 Å². The topological polar surface area (TPSA) is 70.7 Å². The second-order valence-electron chi connectivity index (χ2n) is 8.53. The molecule has 2 aromatic carbocycles. The summed E-state index contributed by atoms with van der Waals surface area (Å²) >= 11 is 0. The molecule has 1 aliphatic heterocycles. The second kappa shape index (κ2) is 11.7. The van der Waals surface area contributed by atoms with E-state index in [-0.39, 0.29) is 11.8 Å². The minimum absolute atomic E-state index is 0.178. The quantitative estimate of drug-likeness (QED) is 0.626. The number of amides is 2. The number of piperidine rings is 1. The first-order valence-corrected chi connectivity index (χ1v) is 11.5. The van der Waals surface area contributed by atoms with Gasteiger partial charge >= 0.3 is 0 Å². The number of methoxy groups -OCH3 is 1. The van der Waals surface area contributed by atoms with Gasteiger partial charge in [-0.05, 0) is 75.0 Å². The SMILES string of the molecule is CCC(C)N1CCC(CNC(=O)[C@H](NC(=O)c2ccc(OC)cc2)c2ccccc2)CC1. The highest BCUT2D eigenvalue weighted by Gasteiger charge is 2.26. The Labute approximate surface area is 191 Å². The second-order valence-corrected chi connectivity index (χ2v) is 8.53. The van der Waals surface area contributed by atoms with E-state index in [2.05, 4.69) is 29.4 Å². The molecule has 6 heteroatoms. The van der Waals surface area contributed by atoms with Crippen LogP contribution < -0.4 is 15.4 Å². The largest absolute Gasteiger partial charge is 0.497 e. The highest BCUT2D eigenvalue weighted by atomic mass is 16.5. The minimum atomic E-state index is -0.744. The maximum Gasteiger partial charge on any atom is 0.252 e. The Kier molecular flexibility index (Phi) is 8.68. The van der Waals surface area contributed by atoms with Gasteiger partial charge in [0.1, 0.15) is 11.8 Å². The molecule has 32 heavy (non-hydrogen) atoms. The van der Waals surface area contributed by atoms with Crippen LogP contribution in [0.2, 0.25) is 0 Å². The summed E-state index contributed by atoms with van der Waals surface area (Å²) in [6.45, 7) is 7.28. The normalized spacial score (nSPS) is 16.7. The van der Waals surface area contributed by atoms with Crippen LogP contribution in [0.3, 0.4) is 0 Å². The predicted molar refractivity (Wildman–Crippen MR) is 127 cm³/mol. The van der Waals surface area contributed by atoms with Crippen LogP contribution in [-0.4, -0.2) is 49.5 Å². The van der Waals surface area contributed by atoms with Gasteiger partial charge in [-0.15, -0.1) is 0 Å². The number of hydrogen-bond acceptors (Lipinski definition) is 4. The van der Waals surface area contributed by atoms with Crippen molar-refractivity contribution >= 4 is 11.8 Å². The molecule has 3 rings (SSSR count). The number of nitrogens with one attached hydrogen (secondary N) is 2. The summed E-state index contributed by atoms with van der Waals surface area (Å²) in [5, 5.41) is 6.00. The molecular weight excluding hydrogens is 402 g/mol. The van der Waals surface area contributed by atoms with Crippen molar-refractivity contribution in [3.63, 3.8) is 0 Å². The molecule has 2 aromatic rings. The van der Waals surface area contributed by atoms with E-state index >= 15 is 0 Å². The molecule has 0 radical (unpaired) electrons. The van der Waals surface area contributed by atoms with Gasteiger partial charge in [0.05, 0.1) is 7.11 Å². The lowest BCUT2D eigenvalue weighted by molar-refractivity contribution is -0.123. The number of benzene rings is 2. The third-order valence-electron chi connectivity index (χ3n) is 6.45. The first kappa shape index (κ1) is 23.8. The molecule has 0 aromatic heterocycles. The summed E-state index contributed by atoms with van der Waals surface area (Å²) in [5.74, 6) is 0.673. The third-order valence-corrected chi connectivity index (χ3v) is 6.45. The molecular formula is C26H35N3O3. The molecule has 0 bridgehead atoms. The predicted octanol–water partition coefficient (Wildman–Crippen LogP) is 3.79. The number of nitrogens with zero attached hydrogens (tertiary/aromatic N) is 1. The van der Waals surface area contributed by atoms with Crippen molar-refractivity contribution in [2.75, 3.05) is 26.7 Å². The zero-order valence-electron chi connectivity index (χ0n) is 19.3. The summed E-state index contributed by atoms with van der Waals surface area (Å²) in [7, 11) is 1.58. The van der Waals surface area contributed by atoms with E-state index in [0.717, 1.165) is 37.9 Å². The van der Waals surface area contributed by atoms with Crippen molar-refractivity contribution in [1.29, 1.82) is 0 Å². The minimum Gasteiger partial charge on any atom is -0.497 e. The van der Waals surface area contributed by atoms with E-state index in [1.807, 2.05) is 30.3 Å². The molecule has 2 amide bonds. The molecule has 0 aliphatic carbocycles. The van der Waals surface area contributed by atoms with Gasteiger partial charge in [-0.2, -0.15) is 0 Å². The summed E-state index contributed by atoms with van der Waals surface area (Å²) in [6.07, 6.45) is 3.33. The van der Waals surface area contributed by atoms with E-state index in [1.54, 1.807) is 31.4 Å². The number of hydrogen-bond donors (Lipinski definition) is 2. The Bertz CT molecular complexity index is 862. The number of ether oxygens (including phenoxy) is 1. The Morgan fingerprint density at radius 3 is 2.31 bits per heavy atom. The summed E-state index contributed by atoms with van der Waals surface area (Å²) in [6, 6.07) is 16.1. The van der Waals surface area contributed by atoms with Crippen molar-refractivity contribution in [1.82, 2.24) is 15.5 Å². The molecule has 0 spiro atoms. The Balaban J connectivity index is 1.61. The zero-order chi connectivity index (χ0) is 22.9. The maximum atomic E-state index is 13.1. The van der Waals surface area contributed by atoms with Crippen molar-refractivity contribution in [2.45, 2.75) is 45.2 Å². The lowest BCUT2D eigenvalue weighted by Gasteiger charge is -2.36. The number of likely N-dealkylation sites (tertiary alicyclic amines) is 1. The van der Waals surface area contributed by atoms with Crippen LogP contribution in [0.1, 0.15) is 55.1 Å². The van der Waals surface area contributed by atoms with Crippen molar-refractivity contribution in [3.8, 4) is 5.75 Å². The molecule has 1 saturated heterocycles. The fourth-order valence-electron chi connectivity index (χ4n) is 4.11. The van der Waals surface area contributed by atoms with Gasteiger partial charge in [0.2, 0.25) is 5.91 Å². The van der Waals surface area contributed by atoms with Crippen molar-refractivity contribution < 1.29 is 14.3 Å². The van der Waals surface area contributed by atoms with Gasteiger partial charge in [0.15, 0.2) is 0 Å². The molecule has 1 unspecified atom stereocenters. The summed E-state index contributed by atoms with van der Waals surface area (Å²) in [5.41, 5.74) is 1.25. The molecule has 2 N–H and O–H groups in total. The van der Waals surface area contributed by atoms with Gasteiger partial charge in [-0.1, -0.05) is 37.3 Å². The first-order valence-electron chi connectivity index (χ1n) is 11.5. The van der Waals surface area contributed by atoms with Gasteiger partial charge in [0, 0.05) is 18.2 Å². The Morgan fingerprint density at radius 1 is 1.06 bits per heavy atom. The van der Waals surface area contributed by atoms with Crippen LogP contribution in [0, 0.1) is 5.92 Å². The molecule has 1 fully saturated rings. The van der Waals surface area contributed by atoms with Crippen LogP contribution in [0.4, 0.5) is 0 Å². The lowest BCUT2D eigenvalue weighted by Crippen LogP contribution is -2.45. The number of carbonyl (C=O) groups is 2. The molecule has 1 aliphatic rings. The van der Waals surface area contributed by atoms with Crippen LogP contribution in [0.5, 0.6) is 5.75 Å². The molecule has 1 heterocycles. The smallest absolute Gasteiger partial charge is 0.252 e. The highest BCUT2D eigenvalue weighted by molar-refractivity contribution is 5.98. The van der Waals surface area contributed by atoms with Gasteiger partial charge < -0.3 is 20.3 Å². The monoisotopic (exact) mass is 437 g/mol. The van der Waals surface area contributed by atoms with Crippen molar-refractivity contribution in [3.05, 3.63) is 65.7 Å². The first-order chi connectivity index (χ1) is 15.5. The van der Waals surface area contributed by atoms with Crippen molar-refractivity contribution in [2.24, 2.45) is 5.92 Å². The van der Waals surface area contributed by atoms with Crippen LogP contribution in [-0.2, 0) is 4.79 Å². The fraction of sp³-hybridized carbons (Fsp3) is 0.462. The standard InChI is InChI=1S/C26H35N3O3/c1-4-19(2)29-16-14-20(15-17-29)18-27-26(31)24(21-8-6-5-7-9-21)28-25(30)22-10-12-23(32-3)13-11-22/h5-13,19-20,24H,4,14-18H2,1-3H3,(H,27,31)(H,28,30)/t19?,24-/m1/s1. The molecule has 0 saturated carbocycles. The molecule has 2 atom stereocenters. The van der Waals surface area contributed by atoms with Crippen LogP contribution in [0.25, 0.3) is 0 Å². The van der Waals surface area contributed by atoms with Gasteiger partial charge in [0.25, 0.3) is 5.91 Å². The average molecular weight is 438 g/mol. The number of carbonyl (C=O) groups excluding carboxylic acids is 2. The van der Waals surface area contributed by atoms with Crippen LogP contribution in [0.15, 0.2) is 54.6 Å². The van der Waals surface area contributed by atoms with E-state index < -0.39 is 6.04 Å². The molecule has 172 valence electrons. The van der Waals surface area contributed by atoms with E-state index in [9.17, 15) is 9.59 Å². The number of rotatable bonds is 9. The lowest BCUT2D eigenvalue weighted by atomic mass is 9.95. The van der Waals surface area contributed by atoms with Crippen LogP contribution >= 0.6 is 0 Å². The highest BCUT2D eigenvalue weighted by Crippen LogP contribution is 2.20. The average Bonchev–Trinajstić information content (AvgIpc) is 2.86. The summed E-state index contributed by atoms with van der Waals surface area (Å²) < 4.78 is 5.15. The van der Waals surface area contributed by atoms with E-state index in [0.29, 0.717) is 29.8 Å². The maximum absolute atomic E-state index is 13.1. The molecule has 6 nitrogen and oxygen atoms in total. The van der Waals surface area contributed by atoms with E-state index in [1.165, 1.54) is 0 Å². The van der Waals surface area contributed by atoms with E-state index in [4.69, 9.17) is 4.74 Å². The Hall–Kier alpha value is -2.86. The summed E-state index contributed by atoms with van der Waals surface area (Å²) in [4.78, 5) is 28.5. The fourth-order valence-corrected chi connectivity index (χ4v) is 4.11.